The van der Waals surface area contributed by atoms with Crippen LogP contribution in [0.15, 0.2) is 23.1 Å². The number of hydrogen-bond acceptors (Lipinski definition) is 4. The molecule has 1 aromatic rings. The predicted molar refractivity (Wildman–Crippen MR) is 79.4 cm³/mol. The van der Waals surface area contributed by atoms with Crippen molar-refractivity contribution >= 4 is 21.6 Å². The smallest absolute Gasteiger partial charge is 0.240 e. The molecule has 0 amide bonds. The second-order valence-electron chi connectivity index (χ2n) is 5.62. The number of nitrogens with one attached hydrogen (secondary N) is 1. The maximum absolute atomic E-state index is 12.5. The number of nitrogens with zero attached hydrogens (tertiary/aromatic N) is 2. The molecule has 0 saturated carbocycles. The maximum Gasteiger partial charge on any atom is 0.240 e. The zero-order chi connectivity index (χ0) is 15.0. The Morgan fingerprint density at radius 2 is 2.05 bits per heavy atom. The molecule has 0 aliphatic carbocycles. The van der Waals surface area contributed by atoms with Crippen LogP contribution in [0.3, 0.4) is 0 Å². The molecule has 5 nitrogen and oxygen atoms in total. The summed E-state index contributed by atoms with van der Waals surface area (Å²) in [6, 6.07) is 6.09. The van der Waals surface area contributed by atoms with Crippen LogP contribution in [0.4, 0.5) is 0 Å². The van der Waals surface area contributed by atoms with Crippen molar-refractivity contribution in [2.45, 2.75) is 23.8 Å². The summed E-state index contributed by atoms with van der Waals surface area (Å²) in [5, 5.41) is 9.00. The fraction of sp³-hybridized carbons (Fsp3) is 0.500. The van der Waals surface area contributed by atoms with E-state index in [-0.39, 0.29) is 21.5 Å². The van der Waals surface area contributed by atoms with E-state index in [1.165, 1.54) is 18.2 Å². The zero-order valence-electron chi connectivity index (χ0n) is 11.4. The van der Waals surface area contributed by atoms with E-state index >= 15 is 0 Å². The molecule has 1 aromatic carbocycles. The van der Waals surface area contributed by atoms with Crippen LogP contribution in [0, 0.1) is 17.2 Å². The summed E-state index contributed by atoms with van der Waals surface area (Å²) in [7, 11) is -3.60. The molecule has 3 aliphatic heterocycles. The van der Waals surface area contributed by atoms with E-state index in [1.807, 2.05) is 6.07 Å². The molecular formula is C14H16ClN3O2S. The largest absolute Gasteiger partial charge is 0.302 e. The Bertz CT molecular complexity index is 691. The molecule has 1 atom stereocenters. The van der Waals surface area contributed by atoms with Gasteiger partial charge < -0.3 is 4.90 Å². The van der Waals surface area contributed by atoms with E-state index < -0.39 is 10.0 Å². The second kappa shape index (κ2) is 5.58. The molecule has 3 saturated heterocycles. The lowest BCUT2D eigenvalue weighted by Gasteiger charge is -2.44. The number of benzene rings is 1. The minimum Gasteiger partial charge on any atom is -0.302 e. The quantitative estimate of drug-likeness (QED) is 0.915. The first kappa shape index (κ1) is 14.8. The van der Waals surface area contributed by atoms with Gasteiger partial charge in [-0.05, 0) is 50.0 Å². The average molecular weight is 326 g/mol. The van der Waals surface area contributed by atoms with Gasteiger partial charge in [0.15, 0.2) is 0 Å². The molecule has 4 rings (SSSR count). The predicted octanol–water partition coefficient (Wildman–Crippen LogP) is 1.58. The van der Waals surface area contributed by atoms with Crippen molar-refractivity contribution in [1.82, 2.24) is 9.62 Å². The Kier molecular flexibility index (Phi) is 3.93. The molecule has 112 valence electrons. The van der Waals surface area contributed by atoms with E-state index in [1.54, 1.807) is 0 Å². The van der Waals surface area contributed by atoms with Gasteiger partial charge in [0.1, 0.15) is 6.07 Å². The monoisotopic (exact) mass is 325 g/mol. The molecule has 0 spiro atoms. The minimum atomic E-state index is -3.60. The molecular weight excluding hydrogens is 310 g/mol. The number of rotatable bonds is 3. The molecule has 0 aromatic heterocycles. The van der Waals surface area contributed by atoms with Crippen LogP contribution in [0.1, 0.15) is 18.4 Å². The van der Waals surface area contributed by atoms with E-state index in [9.17, 15) is 8.42 Å². The van der Waals surface area contributed by atoms with E-state index in [2.05, 4.69) is 9.62 Å². The molecule has 2 bridgehead atoms. The third kappa shape index (κ3) is 2.92. The van der Waals surface area contributed by atoms with Crippen LogP contribution in [0.5, 0.6) is 0 Å². The highest BCUT2D eigenvalue weighted by atomic mass is 35.5. The first-order valence-corrected chi connectivity index (χ1v) is 8.80. The summed E-state index contributed by atoms with van der Waals surface area (Å²) >= 11 is 5.92. The van der Waals surface area contributed by atoms with Crippen molar-refractivity contribution in [2.24, 2.45) is 5.92 Å². The Labute approximate surface area is 129 Å². The van der Waals surface area contributed by atoms with Gasteiger partial charge in [-0.1, -0.05) is 11.6 Å². The van der Waals surface area contributed by atoms with Crippen LogP contribution < -0.4 is 4.72 Å². The standard InChI is InChI=1S/C14H16ClN3O2S/c15-13-7-12(2-1-11(13)8-16)21(19,20)17-14-9-18-5-3-10(14)4-6-18/h1-2,7,10,14,17H,3-6,9H2. The lowest BCUT2D eigenvalue weighted by molar-refractivity contribution is 0.0827. The summed E-state index contributed by atoms with van der Waals surface area (Å²) in [5.74, 6) is 0.415. The van der Waals surface area contributed by atoms with Gasteiger partial charge in [0, 0.05) is 12.6 Å². The lowest BCUT2D eigenvalue weighted by Crippen LogP contribution is -2.57. The Balaban J connectivity index is 1.81. The molecule has 3 fully saturated rings. The number of hydrogen-bond donors (Lipinski definition) is 1. The fourth-order valence-electron chi connectivity index (χ4n) is 3.12. The maximum atomic E-state index is 12.5. The first-order chi connectivity index (χ1) is 9.99. The highest BCUT2D eigenvalue weighted by Gasteiger charge is 2.36. The van der Waals surface area contributed by atoms with Crippen LogP contribution in [0.2, 0.25) is 5.02 Å². The van der Waals surface area contributed by atoms with Gasteiger partial charge >= 0.3 is 0 Å². The molecule has 3 heterocycles. The second-order valence-corrected chi connectivity index (χ2v) is 7.74. The first-order valence-electron chi connectivity index (χ1n) is 6.94. The van der Waals surface area contributed by atoms with Gasteiger partial charge in [0.05, 0.1) is 15.5 Å². The van der Waals surface area contributed by atoms with Crippen molar-refractivity contribution in [1.29, 1.82) is 5.26 Å². The van der Waals surface area contributed by atoms with Crippen molar-refractivity contribution < 1.29 is 8.42 Å². The zero-order valence-corrected chi connectivity index (χ0v) is 13.0. The summed E-state index contributed by atoms with van der Waals surface area (Å²) in [6.07, 6.45) is 2.09. The number of nitriles is 1. The third-order valence-corrected chi connectivity index (χ3v) is 6.13. The van der Waals surface area contributed by atoms with Gasteiger partial charge in [-0.2, -0.15) is 5.26 Å². The molecule has 1 unspecified atom stereocenters. The molecule has 1 N–H and O–H groups in total. The topological polar surface area (TPSA) is 73.2 Å². The summed E-state index contributed by atoms with van der Waals surface area (Å²) in [6.45, 7) is 2.89. The van der Waals surface area contributed by atoms with Crippen LogP contribution in [-0.4, -0.2) is 39.0 Å². The van der Waals surface area contributed by atoms with E-state index in [0.717, 1.165) is 32.5 Å². The number of piperidine rings is 3. The fourth-order valence-corrected chi connectivity index (χ4v) is 4.73. The van der Waals surface area contributed by atoms with Crippen molar-refractivity contribution in [3.8, 4) is 6.07 Å². The van der Waals surface area contributed by atoms with Gasteiger partial charge in [-0.25, -0.2) is 13.1 Å². The lowest BCUT2D eigenvalue weighted by atomic mass is 9.85. The molecule has 7 heteroatoms. The summed E-state index contributed by atoms with van der Waals surface area (Å²) in [5.41, 5.74) is 0.276. The third-order valence-electron chi connectivity index (χ3n) is 4.33. The normalized spacial score (nSPS) is 28.3. The van der Waals surface area contributed by atoms with Gasteiger partial charge in [0.25, 0.3) is 0 Å². The Hall–Kier alpha value is -1.13. The van der Waals surface area contributed by atoms with E-state index in [0.29, 0.717) is 5.92 Å². The van der Waals surface area contributed by atoms with Crippen molar-refractivity contribution in [3.63, 3.8) is 0 Å². The van der Waals surface area contributed by atoms with E-state index in [4.69, 9.17) is 16.9 Å². The van der Waals surface area contributed by atoms with Crippen molar-refractivity contribution in [3.05, 3.63) is 28.8 Å². The Morgan fingerprint density at radius 3 is 2.57 bits per heavy atom. The SMILES string of the molecule is N#Cc1ccc(S(=O)(=O)NC2CN3CCC2CC3)cc1Cl. The van der Waals surface area contributed by atoms with Crippen LogP contribution in [0.25, 0.3) is 0 Å². The van der Waals surface area contributed by atoms with Crippen LogP contribution in [-0.2, 0) is 10.0 Å². The van der Waals surface area contributed by atoms with Gasteiger partial charge in [-0.3, -0.25) is 0 Å². The summed E-state index contributed by atoms with van der Waals surface area (Å²) in [4.78, 5) is 2.40. The average Bonchev–Trinajstić information content (AvgIpc) is 2.48. The van der Waals surface area contributed by atoms with Gasteiger partial charge in [0.2, 0.25) is 10.0 Å². The summed E-state index contributed by atoms with van der Waals surface area (Å²) < 4.78 is 27.7. The minimum absolute atomic E-state index is 0.0353. The molecule has 0 radical (unpaired) electrons. The number of fused-ring (bicyclic) bond motifs is 3. The van der Waals surface area contributed by atoms with Crippen molar-refractivity contribution in [2.75, 3.05) is 19.6 Å². The highest BCUT2D eigenvalue weighted by Crippen LogP contribution is 2.29. The Morgan fingerprint density at radius 1 is 1.33 bits per heavy atom. The number of sulfonamides is 1. The van der Waals surface area contributed by atoms with Crippen LogP contribution >= 0.6 is 11.6 Å². The number of halogens is 1. The molecule has 21 heavy (non-hydrogen) atoms. The molecule has 3 aliphatic rings. The van der Waals surface area contributed by atoms with Gasteiger partial charge in [-0.15, -0.1) is 0 Å². The highest BCUT2D eigenvalue weighted by molar-refractivity contribution is 7.89.